The summed E-state index contributed by atoms with van der Waals surface area (Å²) >= 11 is 0. The van der Waals surface area contributed by atoms with Gasteiger partial charge in [-0.2, -0.15) is 0 Å². The number of amides is 1. The molecule has 0 bridgehead atoms. The van der Waals surface area contributed by atoms with Gasteiger partial charge in [0.1, 0.15) is 0 Å². The summed E-state index contributed by atoms with van der Waals surface area (Å²) in [5.74, 6) is 0.160. The Balaban J connectivity index is 1.64. The summed E-state index contributed by atoms with van der Waals surface area (Å²) in [4.78, 5) is 14.6. The summed E-state index contributed by atoms with van der Waals surface area (Å²) in [6, 6.07) is 8.43. The Hall–Kier alpha value is -1.39. The number of likely N-dealkylation sites (N-methyl/N-ethyl adjacent to an activating group) is 1. The molecular formula is C17H24N2O2. The van der Waals surface area contributed by atoms with E-state index < -0.39 is 6.10 Å². The molecule has 3 N–H and O–H groups in total. The summed E-state index contributed by atoms with van der Waals surface area (Å²) < 4.78 is 0. The molecule has 0 heterocycles. The number of fused-ring (bicyclic) bond motifs is 1. The van der Waals surface area contributed by atoms with Gasteiger partial charge in [0.25, 0.3) is 0 Å². The Morgan fingerprint density at radius 1 is 1.24 bits per heavy atom. The maximum Gasteiger partial charge on any atom is 0.225 e. The standard InChI is InChI=1S/C17H24N2O2/c1-19(14-8-11-4-2-3-5-12(11)9-14)17(21)13-6-7-16(20)15(18)10-13/h2-5,13-16,20H,6-10,18H2,1H3/t13-,15+,16+/m0/s1. The smallest absolute Gasteiger partial charge is 0.225 e. The van der Waals surface area contributed by atoms with Crippen molar-refractivity contribution in [1.29, 1.82) is 0 Å². The highest BCUT2D eigenvalue weighted by molar-refractivity contribution is 5.79. The highest BCUT2D eigenvalue weighted by Gasteiger charge is 2.35. The van der Waals surface area contributed by atoms with E-state index in [1.54, 1.807) is 0 Å². The molecule has 1 aromatic carbocycles. The first-order valence-electron chi connectivity index (χ1n) is 7.83. The fourth-order valence-electron chi connectivity index (χ4n) is 3.69. The lowest BCUT2D eigenvalue weighted by Gasteiger charge is -2.34. The second-order valence-electron chi connectivity index (χ2n) is 6.52. The van der Waals surface area contributed by atoms with Gasteiger partial charge in [0.05, 0.1) is 6.10 Å². The molecule has 3 atom stereocenters. The average Bonchev–Trinajstić information content (AvgIpc) is 2.92. The molecule has 3 rings (SSSR count). The lowest BCUT2D eigenvalue weighted by molar-refractivity contribution is -0.138. The highest BCUT2D eigenvalue weighted by Crippen LogP contribution is 2.29. The number of carbonyl (C=O) groups is 1. The second kappa shape index (κ2) is 5.78. The van der Waals surface area contributed by atoms with E-state index in [1.807, 2.05) is 11.9 Å². The van der Waals surface area contributed by atoms with Gasteiger partial charge in [0.15, 0.2) is 0 Å². The van der Waals surface area contributed by atoms with Gasteiger partial charge in [0.2, 0.25) is 5.91 Å². The molecule has 0 aromatic heterocycles. The van der Waals surface area contributed by atoms with Crippen molar-refractivity contribution < 1.29 is 9.90 Å². The minimum Gasteiger partial charge on any atom is -0.392 e. The van der Waals surface area contributed by atoms with Crippen molar-refractivity contribution in [3.05, 3.63) is 35.4 Å². The predicted octanol–water partition coefficient (Wildman–Crippen LogP) is 1.10. The lowest BCUT2D eigenvalue weighted by atomic mass is 9.83. The van der Waals surface area contributed by atoms with Crippen LogP contribution in [0.5, 0.6) is 0 Å². The molecule has 114 valence electrons. The monoisotopic (exact) mass is 288 g/mol. The summed E-state index contributed by atoms with van der Waals surface area (Å²) in [6.45, 7) is 0. The largest absolute Gasteiger partial charge is 0.392 e. The van der Waals surface area contributed by atoms with E-state index in [4.69, 9.17) is 5.73 Å². The second-order valence-corrected chi connectivity index (χ2v) is 6.52. The minimum absolute atomic E-state index is 0.0305. The van der Waals surface area contributed by atoms with Crippen molar-refractivity contribution in [2.75, 3.05) is 7.05 Å². The molecule has 4 heteroatoms. The molecule has 0 unspecified atom stereocenters. The number of carbonyl (C=O) groups excluding carboxylic acids is 1. The number of aliphatic hydroxyl groups is 1. The quantitative estimate of drug-likeness (QED) is 0.856. The van der Waals surface area contributed by atoms with E-state index in [9.17, 15) is 9.90 Å². The third-order valence-corrected chi connectivity index (χ3v) is 5.14. The van der Waals surface area contributed by atoms with Gasteiger partial charge in [-0.3, -0.25) is 4.79 Å². The molecule has 0 saturated heterocycles. The van der Waals surface area contributed by atoms with Crippen LogP contribution in [0.3, 0.4) is 0 Å². The zero-order chi connectivity index (χ0) is 15.0. The normalized spacial score (nSPS) is 29.2. The van der Waals surface area contributed by atoms with Gasteiger partial charge in [-0.15, -0.1) is 0 Å². The maximum atomic E-state index is 12.7. The Bertz CT molecular complexity index is 506. The summed E-state index contributed by atoms with van der Waals surface area (Å²) in [5, 5.41) is 9.70. The molecule has 1 saturated carbocycles. The van der Waals surface area contributed by atoms with Gasteiger partial charge in [-0.05, 0) is 43.2 Å². The number of hydrogen-bond donors (Lipinski definition) is 2. The fraction of sp³-hybridized carbons (Fsp3) is 0.588. The van der Waals surface area contributed by atoms with Gasteiger partial charge in [-0.1, -0.05) is 24.3 Å². The molecule has 0 spiro atoms. The van der Waals surface area contributed by atoms with Crippen molar-refractivity contribution >= 4 is 5.91 Å². The van der Waals surface area contributed by atoms with E-state index in [-0.39, 0.29) is 23.9 Å². The molecule has 0 radical (unpaired) electrons. The molecule has 1 aromatic rings. The summed E-state index contributed by atoms with van der Waals surface area (Å²) in [5.41, 5.74) is 8.63. The van der Waals surface area contributed by atoms with Crippen LogP contribution in [0.1, 0.15) is 30.4 Å². The minimum atomic E-state index is -0.449. The SMILES string of the molecule is CN(C(=O)[C@H]1CC[C@@H](O)[C@H](N)C1)C1Cc2ccccc2C1. The highest BCUT2D eigenvalue weighted by atomic mass is 16.3. The summed E-state index contributed by atoms with van der Waals surface area (Å²) in [7, 11) is 1.91. The van der Waals surface area contributed by atoms with Crippen LogP contribution < -0.4 is 5.73 Å². The van der Waals surface area contributed by atoms with Crippen LogP contribution >= 0.6 is 0 Å². The van der Waals surface area contributed by atoms with Crippen LogP contribution in [-0.2, 0) is 17.6 Å². The third-order valence-electron chi connectivity index (χ3n) is 5.14. The Morgan fingerprint density at radius 3 is 2.43 bits per heavy atom. The lowest BCUT2D eigenvalue weighted by Crippen LogP contribution is -2.47. The molecule has 2 aliphatic rings. The van der Waals surface area contributed by atoms with E-state index >= 15 is 0 Å². The third kappa shape index (κ3) is 2.83. The molecular weight excluding hydrogens is 264 g/mol. The fourth-order valence-corrected chi connectivity index (χ4v) is 3.69. The number of nitrogens with zero attached hydrogens (tertiary/aromatic N) is 1. The van der Waals surface area contributed by atoms with Crippen LogP contribution in [0.25, 0.3) is 0 Å². The van der Waals surface area contributed by atoms with Gasteiger partial charge < -0.3 is 15.7 Å². The molecule has 2 aliphatic carbocycles. The Labute approximate surface area is 125 Å². The zero-order valence-electron chi connectivity index (χ0n) is 12.5. The van der Waals surface area contributed by atoms with Gasteiger partial charge in [0, 0.05) is 25.0 Å². The maximum absolute atomic E-state index is 12.7. The molecule has 21 heavy (non-hydrogen) atoms. The zero-order valence-corrected chi connectivity index (χ0v) is 12.5. The first-order valence-corrected chi connectivity index (χ1v) is 7.83. The van der Waals surface area contributed by atoms with Crippen molar-refractivity contribution in [3.63, 3.8) is 0 Å². The Kier molecular flexibility index (Phi) is 4.00. The number of hydrogen-bond acceptors (Lipinski definition) is 3. The summed E-state index contributed by atoms with van der Waals surface area (Å²) in [6.07, 6.45) is 3.42. The van der Waals surface area contributed by atoms with Crippen LogP contribution in [0.15, 0.2) is 24.3 Å². The topological polar surface area (TPSA) is 66.6 Å². The van der Waals surface area contributed by atoms with Crippen LogP contribution in [0, 0.1) is 5.92 Å². The first kappa shape index (κ1) is 14.5. The number of benzene rings is 1. The van der Waals surface area contributed by atoms with E-state index in [2.05, 4.69) is 24.3 Å². The number of nitrogens with two attached hydrogens (primary N) is 1. The van der Waals surface area contributed by atoms with E-state index in [0.29, 0.717) is 12.8 Å². The van der Waals surface area contributed by atoms with Crippen molar-refractivity contribution in [1.82, 2.24) is 4.90 Å². The Morgan fingerprint density at radius 2 is 1.86 bits per heavy atom. The number of rotatable bonds is 2. The number of aliphatic hydroxyl groups excluding tert-OH is 1. The first-order chi connectivity index (χ1) is 10.1. The van der Waals surface area contributed by atoms with Crippen molar-refractivity contribution in [2.45, 2.75) is 50.3 Å². The van der Waals surface area contributed by atoms with E-state index in [0.717, 1.165) is 19.3 Å². The van der Waals surface area contributed by atoms with Gasteiger partial charge >= 0.3 is 0 Å². The average molecular weight is 288 g/mol. The van der Waals surface area contributed by atoms with Crippen LogP contribution in [0.2, 0.25) is 0 Å². The molecule has 0 aliphatic heterocycles. The molecule has 4 nitrogen and oxygen atoms in total. The molecule has 1 amide bonds. The molecule has 1 fully saturated rings. The van der Waals surface area contributed by atoms with Crippen molar-refractivity contribution in [3.8, 4) is 0 Å². The van der Waals surface area contributed by atoms with Crippen LogP contribution in [0.4, 0.5) is 0 Å². The van der Waals surface area contributed by atoms with Crippen molar-refractivity contribution in [2.24, 2.45) is 11.7 Å². The van der Waals surface area contributed by atoms with E-state index in [1.165, 1.54) is 11.1 Å². The van der Waals surface area contributed by atoms with Crippen LogP contribution in [-0.4, -0.2) is 41.1 Å². The predicted molar refractivity (Wildman–Crippen MR) is 81.7 cm³/mol. The van der Waals surface area contributed by atoms with Gasteiger partial charge in [-0.25, -0.2) is 0 Å².